The van der Waals surface area contributed by atoms with E-state index >= 15 is 0 Å². The number of carbonyl (C=O) groups is 2. The molecule has 0 spiro atoms. The summed E-state index contributed by atoms with van der Waals surface area (Å²) in [7, 11) is 0. The summed E-state index contributed by atoms with van der Waals surface area (Å²) in [5.74, 6) is -0.741. The first-order chi connectivity index (χ1) is 9.01. The van der Waals surface area contributed by atoms with Crippen LogP contribution >= 0.6 is 0 Å². The van der Waals surface area contributed by atoms with Crippen LogP contribution in [0.4, 0.5) is 0 Å². The summed E-state index contributed by atoms with van der Waals surface area (Å²) in [6, 6.07) is 0. The minimum atomic E-state index is -1.55. The molecule has 1 aliphatic heterocycles. The maximum atomic E-state index is 12.2. The highest BCUT2D eigenvalue weighted by Crippen LogP contribution is 2.24. The highest BCUT2D eigenvalue weighted by molar-refractivity contribution is 5.85. The number of primary amides is 1. The van der Waals surface area contributed by atoms with E-state index in [2.05, 4.69) is 6.08 Å². The number of β-amino-alcohol motifs (C(OH)–C–C–N with tert-alkyl or cyclic N) is 1. The highest BCUT2D eigenvalue weighted by Gasteiger charge is 2.40. The fourth-order valence-electron chi connectivity index (χ4n) is 2.82. The SMILES string of the molecule is NC(=O)[C@@]1(O)CCCN(C(=O)CC2=CCCCC2)C1. The number of nitrogens with two attached hydrogens (primary N) is 1. The van der Waals surface area contributed by atoms with Crippen molar-refractivity contribution in [3.63, 3.8) is 0 Å². The molecule has 5 heteroatoms. The van der Waals surface area contributed by atoms with Crippen molar-refractivity contribution in [3.8, 4) is 0 Å². The van der Waals surface area contributed by atoms with E-state index in [1.807, 2.05) is 0 Å². The van der Waals surface area contributed by atoms with Gasteiger partial charge in [0.2, 0.25) is 5.91 Å². The van der Waals surface area contributed by atoms with Crippen LogP contribution in [-0.2, 0) is 9.59 Å². The van der Waals surface area contributed by atoms with Gasteiger partial charge in [0.15, 0.2) is 5.60 Å². The van der Waals surface area contributed by atoms with Crippen molar-refractivity contribution in [3.05, 3.63) is 11.6 Å². The Morgan fingerprint density at radius 2 is 2.16 bits per heavy atom. The van der Waals surface area contributed by atoms with Crippen molar-refractivity contribution in [1.29, 1.82) is 0 Å². The van der Waals surface area contributed by atoms with E-state index in [0.717, 1.165) is 19.3 Å². The third kappa shape index (κ3) is 3.35. The van der Waals surface area contributed by atoms with Crippen molar-refractivity contribution < 1.29 is 14.7 Å². The van der Waals surface area contributed by atoms with E-state index in [1.165, 1.54) is 12.0 Å². The first-order valence-corrected chi connectivity index (χ1v) is 6.99. The Kier molecular flexibility index (Phi) is 4.24. The minimum absolute atomic E-state index is 0.00692. The first kappa shape index (κ1) is 14.1. The molecule has 0 saturated carbocycles. The fourth-order valence-corrected chi connectivity index (χ4v) is 2.82. The van der Waals surface area contributed by atoms with E-state index in [1.54, 1.807) is 4.90 Å². The molecular formula is C14H22N2O3. The van der Waals surface area contributed by atoms with Gasteiger partial charge in [0.1, 0.15) is 0 Å². The van der Waals surface area contributed by atoms with Gasteiger partial charge in [0.25, 0.3) is 5.91 Å². The van der Waals surface area contributed by atoms with Crippen molar-refractivity contribution in [1.82, 2.24) is 4.90 Å². The number of nitrogens with zero attached hydrogens (tertiary/aromatic N) is 1. The number of rotatable bonds is 3. The molecule has 1 atom stereocenters. The van der Waals surface area contributed by atoms with Crippen molar-refractivity contribution in [2.45, 2.75) is 50.5 Å². The van der Waals surface area contributed by atoms with Gasteiger partial charge in [-0.1, -0.05) is 11.6 Å². The van der Waals surface area contributed by atoms with Gasteiger partial charge >= 0.3 is 0 Å². The molecule has 2 amide bonds. The van der Waals surface area contributed by atoms with Crippen LogP contribution in [0.2, 0.25) is 0 Å². The zero-order chi connectivity index (χ0) is 13.9. The third-order valence-corrected chi connectivity index (χ3v) is 4.05. The maximum Gasteiger partial charge on any atom is 0.251 e. The Labute approximate surface area is 113 Å². The van der Waals surface area contributed by atoms with E-state index in [0.29, 0.717) is 25.8 Å². The minimum Gasteiger partial charge on any atom is -0.378 e. The standard InChI is InChI=1S/C14H22N2O3/c15-13(18)14(19)7-4-8-16(10-14)12(17)9-11-5-2-1-3-6-11/h5,19H,1-4,6-10H2,(H2,15,18)/t14-/m1/s1. The van der Waals surface area contributed by atoms with E-state index < -0.39 is 11.5 Å². The van der Waals surface area contributed by atoms with Crippen LogP contribution in [0, 0.1) is 0 Å². The Balaban J connectivity index is 1.95. The van der Waals surface area contributed by atoms with Gasteiger partial charge in [-0.15, -0.1) is 0 Å². The number of allylic oxidation sites excluding steroid dienone is 1. The molecule has 19 heavy (non-hydrogen) atoms. The molecule has 0 radical (unpaired) electrons. The molecule has 1 aliphatic carbocycles. The lowest BCUT2D eigenvalue weighted by atomic mass is 9.91. The fraction of sp³-hybridized carbons (Fsp3) is 0.714. The number of hydrogen-bond donors (Lipinski definition) is 2. The summed E-state index contributed by atoms with van der Waals surface area (Å²) in [4.78, 5) is 25.0. The largest absolute Gasteiger partial charge is 0.378 e. The van der Waals surface area contributed by atoms with Crippen LogP contribution in [0.5, 0.6) is 0 Å². The normalized spacial score (nSPS) is 27.8. The van der Waals surface area contributed by atoms with Crippen molar-refractivity contribution in [2.75, 3.05) is 13.1 Å². The molecule has 106 valence electrons. The number of amides is 2. The van der Waals surface area contributed by atoms with Gasteiger partial charge in [-0.05, 0) is 38.5 Å². The summed E-state index contributed by atoms with van der Waals surface area (Å²) in [5.41, 5.74) is 4.85. The predicted octanol–water partition coefficient (Wildman–Crippen LogP) is 0.716. The summed E-state index contributed by atoms with van der Waals surface area (Å²) >= 11 is 0. The smallest absolute Gasteiger partial charge is 0.251 e. The lowest BCUT2D eigenvalue weighted by molar-refractivity contribution is -0.148. The number of carbonyl (C=O) groups excluding carboxylic acids is 2. The zero-order valence-corrected chi connectivity index (χ0v) is 11.2. The molecule has 0 aromatic rings. The highest BCUT2D eigenvalue weighted by atomic mass is 16.3. The number of likely N-dealkylation sites (tertiary alicyclic amines) is 1. The second-order valence-electron chi connectivity index (χ2n) is 5.60. The number of hydrogen-bond acceptors (Lipinski definition) is 3. The second-order valence-corrected chi connectivity index (χ2v) is 5.60. The van der Waals surface area contributed by atoms with Crippen LogP contribution < -0.4 is 5.73 Å². The average molecular weight is 266 g/mol. The van der Waals surface area contributed by atoms with E-state index in [-0.39, 0.29) is 12.5 Å². The van der Waals surface area contributed by atoms with Gasteiger partial charge in [-0.25, -0.2) is 0 Å². The van der Waals surface area contributed by atoms with Crippen molar-refractivity contribution in [2.24, 2.45) is 5.73 Å². The summed E-state index contributed by atoms with van der Waals surface area (Å²) in [5, 5.41) is 10.1. The van der Waals surface area contributed by atoms with E-state index in [9.17, 15) is 14.7 Å². The lowest BCUT2D eigenvalue weighted by Crippen LogP contribution is -2.57. The Hall–Kier alpha value is -1.36. The van der Waals surface area contributed by atoms with Gasteiger partial charge in [-0.3, -0.25) is 9.59 Å². The monoisotopic (exact) mass is 266 g/mol. The topological polar surface area (TPSA) is 83.6 Å². The molecule has 2 aliphatic rings. The van der Waals surface area contributed by atoms with Crippen LogP contribution in [0.25, 0.3) is 0 Å². The third-order valence-electron chi connectivity index (χ3n) is 4.05. The van der Waals surface area contributed by atoms with Crippen LogP contribution in [0.3, 0.4) is 0 Å². The summed E-state index contributed by atoms with van der Waals surface area (Å²) in [6.45, 7) is 0.635. The molecule has 0 aromatic heterocycles. The van der Waals surface area contributed by atoms with Crippen LogP contribution in [-0.4, -0.2) is 40.5 Å². The number of aliphatic hydroxyl groups is 1. The van der Waals surface area contributed by atoms with Crippen LogP contribution in [0.15, 0.2) is 11.6 Å². The Morgan fingerprint density at radius 1 is 1.37 bits per heavy atom. The Bertz CT molecular complexity index is 405. The molecule has 0 bridgehead atoms. The molecule has 1 heterocycles. The van der Waals surface area contributed by atoms with Gasteiger partial charge in [0.05, 0.1) is 6.54 Å². The van der Waals surface area contributed by atoms with Gasteiger partial charge in [0, 0.05) is 13.0 Å². The van der Waals surface area contributed by atoms with Crippen molar-refractivity contribution >= 4 is 11.8 Å². The summed E-state index contributed by atoms with van der Waals surface area (Å²) < 4.78 is 0. The lowest BCUT2D eigenvalue weighted by Gasteiger charge is -2.37. The molecule has 0 unspecified atom stereocenters. The molecule has 3 N–H and O–H groups in total. The molecule has 2 rings (SSSR count). The van der Waals surface area contributed by atoms with Gasteiger partial charge in [-0.2, -0.15) is 0 Å². The first-order valence-electron chi connectivity index (χ1n) is 6.99. The molecular weight excluding hydrogens is 244 g/mol. The maximum absolute atomic E-state index is 12.2. The molecule has 1 fully saturated rings. The Morgan fingerprint density at radius 3 is 2.79 bits per heavy atom. The number of piperidine rings is 1. The van der Waals surface area contributed by atoms with E-state index in [4.69, 9.17) is 5.73 Å². The predicted molar refractivity (Wildman–Crippen MR) is 71.1 cm³/mol. The van der Waals surface area contributed by atoms with Crippen LogP contribution in [0.1, 0.15) is 44.9 Å². The summed E-state index contributed by atoms with van der Waals surface area (Å²) in [6.07, 6.45) is 7.89. The quantitative estimate of drug-likeness (QED) is 0.738. The zero-order valence-electron chi connectivity index (χ0n) is 11.2. The van der Waals surface area contributed by atoms with Gasteiger partial charge < -0.3 is 15.7 Å². The average Bonchev–Trinajstić information content (AvgIpc) is 2.40. The molecule has 0 aromatic carbocycles. The molecule has 5 nitrogen and oxygen atoms in total. The molecule has 1 saturated heterocycles. The second kappa shape index (κ2) is 5.74.